The van der Waals surface area contributed by atoms with E-state index in [-0.39, 0.29) is 26.7 Å². The molecule has 0 aliphatic carbocycles. The molecule has 0 bridgehead atoms. The maximum absolute atomic E-state index is 13.3. The van der Waals surface area contributed by atoms with E-state index in [1.807, 2.05) is 0 Å². The summed E-state index contributed by atoms with van der Waals surface area (Å²) in [5.74, 6) is -0.981. The fraction of sp³-hybridized carbons (Fsp3) is 0.300. The highest BCUT2D eigenvalue weighted by molar-refractivity contribution is 7.91. The van der Waals surface area contributed by atoms with Crippen LogP contribution in [0.15, 0.2) is 40.1 Å². The van der Waals surface area contributed by atoms with Gasteiger partial charge in [0, 0.05) is 11.5 Å². The number of sulfone groups is 1. The van der Waals surface area contributed by atoms with Gasteiger partial charge in [-0.1, -0.05) is 20.8 Å². The summed E-state index contributed by atoms with van der Waals surface area (Å²) in [5, 5.41) is 9.98. The van der Waals surface area contributed by atoms with Gasteiger partial charge in [0.25, 0.3) is 0 Å². The molecule has 0 saturated heterocycles. The van der Waals surface area contributed by atoms with Gasteiger partial charge in [0.2, 0.25) is 9.84 Å². The second kappa shape index (κ2) is 6.43. The molecular formula is C20H19NO6S2. The number of aliphatic carboxylic acids is 1. The van der Waals surface area contributed by atoms with Crippen molar-refractivity contribution < 1.29 is 27.8 Å². The zero-order valence-electron chi connectivity index (χ0n) is 16.2. The molecule has 3 aromatic rings. The van der Waals surface area contributed by atoms with E-state index in [2.05, 4.69) is 25.8 Å². The normalized spacial score (nSPS) is 16.3. The number of hydrogen-bond donors (Lipinski definition) is 1. The van der Waals surface area contributed by atoms with Crippen LogP contribution in [-0.2, 0) is 20.0 Å². The van der Waals surface area contributed by atoms with Gasteiger partial charge in [0.1, 0.15) is 0 Å². The summed E-state index contributed by atoms with van der Waals surface area (Å²) < 4.78 is 37.8. The van der Waals surface area contributed by atoms with Gasteiger partial charge in [-0.25, -0.2) is 18.2 Å². The van der Waals surface area contributed by atoms with Crippen LogP contribution in [0, 0.1) is 6.92 Å². The van der Waals surface area contributed by atoms with Crippen molar-refractivity contribution in [2.45, 2.75) is 49.2 Å². The Morgan fingerprint density at radius 1 is 1.14 bits per heavy atom. The molecule has 0 radical (unpaired) electrons. The Hall–Kier alpha value is -2.65. The predicted molar refractivity (Wildman–Crippen MR) is 108 cm³/mol. The molecule has 0 fully saturated rings. The number of carboxylic acid groups (broad SMARTS) is 1. The summed E-state index contributed by atoms with van der Waals surface area (Å²) in [6, 6.07) is 7.67. The first-order valence-electron chi connectivity index (χ1n) is 8.84. The van der Waals surface area contributed by atoms with Crippen molar-refractivity contribution in [2.75, 3.05) is 0 Å². The molecule has 4 rings (SSSR count). The topological polar surface area (TPSA) is 103 Å². The van der Waals surface area contributed by atoms with E-state index in [1.165, 1.54) is 29.5 Å². The van der Waals surface area contributed by atoms with Crippen LogP contribution in [0.1, 0.15) is 31.3 Å². The highest BCUT2D eigenvalue weighted by atomic mass is 32.2. The number of benzene rings is 2. The number of fused-ring (bicyclic) bond motifs is 2. The zero-order valence-corrected chi connectivity index (χ0v) is 17.8. The second-order valence-corrected chi connectivity index (χ2v) is 10.8. The number of carbonyl (C=O) groups is 1. The lowest BCUT2D eigenvalue weighted by atomic mass is 9.98. The molecule has 29 heavy (non-hydrogen) atoms. The smallest absolute Gasteiger partial charge is 0.387 e. The first-order valence-corrected chi connectivity index (χ1v) is 11.1. The molecule has 1 aliphatic rings. The van der Waals surface area contributed by atoms with Gasteiger partial charge in [0.05, 0.1) is 25.0 Å². The van der Waals surface area contributed by atoms with Gasteiger partial charge in [-0.2, -0.15) is 0 Å². The molecule has 7 nitrogen and oxygen atoms in total. The maximum atomic E-state index is 13.3. The summed E-state index contributed by atoms with van der Waals surface area (Å²) in [6.45, 7) is 7.81. The third-order valence-electron chi connectivity index (χ3n) is 4.51. The largest absolute Gasteiger partial charge is 0.476 e. The van der Waals surface area contributed by atoms with Crippen molar-refractivity contribution >= 4 is 37.4 Å². The lowest BCUT2D eigenvalue weighted by molar-refractivity contribution is -0.154. The number of nitrogens with zero attached hydrogens (tertiary/aromatic N) is 1. The average Bonchev–Trinajstić information content (AvgIpc) is 3.23. The van der Waals surface area contributed by atoms with Crippen LogP contribution < -0.4 is 9.47 Å². The van der Waals surface area contributed by atoms with E-state index < -0.39 is 22.1 Å². The highest BCUT2D eigenvalue weighted by Gasteiger charge is 2.33. The van der Waals surface area contributed by atoms with Gasteiger partial charge in [-0.05, 0) is 36.8 Å². The lowest BCUT2D eigenvalue weighted by Crippen LogP contribution is -2.28. The van der Waals surface area contributed by atoms with Crippen LogP contribution >= 0.6 is 11.3 Å². The maximum Gasteiger partial charge on any atom is 0.387 e. The lowest BCUT2D eigenvalue weighted by Gasteiger charge is -2.13. The first kappa shape index (κ1) is 19.7. The minimum Gasteiger partial charge on any atom is -0.476 e. The van der Waals surface area contributed by atoms with Crippen LogP contribution in [0.2, 0.25) is 0 Å². The van der Waals surface area contributed by atoms with Crippen LogP contribution in [-0.4, -0.2) is 30.8 Å². The Kier molecular flexibility index (Phi) is 4.36. The van der Waals surface area contributed by atoms with E-state index in [9.17, 15) is 13.2 Å². The van der Waals surface area contributed by atoms with Crippen molar-refractivity contribution in [3.63, 3.8) is 0 Å². The van der Waals surface area contributed by atoms with E-state index >= 15 is 0 Å². The molecular weight excluding hydrogens is 414 g/mol. The molecule has 1 aliphatic heterocycles. The Balaban J connectivity index is 1.78. The summed E-state index contributed by atoms with van der Waals surface area (Å²) in [7, 11) is -3.85. The minimum atomic E-state index is -3.85. The van der Waals surface area contributed by atoms with E-state index in [4.69, 9.17) is 14.6 Å². The molecule has 1 atom stereocenters. The fourth-order valence-corrected chi connectivity index (χ4v) is 5.65. The van der Waals surface area contributed by atoms with Crippen molar-refractivity contribution in [3.05, 3.63) is 40.9 Å². The Morgan fingerprint density at radius 2 is 1.79 bits per heavy atom. The molecule has 1 N–H and O–H groups in total. The third-order valence-corrected chi connectivity index (χ3v) is 7.85. The standard InChI is InChI=1S/C20H19NO6S2/c1-10-7-13-14(27-18(26-13)17(22)23)9-16(10)29(24,25)11-5-6-12-15(8-11)28-19(21-12)20(2,3)4/h5-9,18H,1-4H3,(H,22,23). The average molecular weight is 434 g/mol. The Bertz CT molecular complexity index is 1250. The SMILES string of the molecule is Cc1cc2c(cc1S(=O)(=O)c1ccc3nc(C(C)(C)C)sc3c1)OC(C(=O)O)O2. The molecule has 1 aromatic heterocycles. The number of aryl methyl sites for hydroxylation is 1. The van der Waals surface area contributed by atoms with E-state index in [1.54, 1.807) is 19.1 Å². The molecule has 2 heterocycles. The second-order valence-electron chi connectivity index (χ2n) is 7.87. The van der Waals surface area contributed by atoms with Gasteiger partial charge < -0.3 is 14.6 Å². The number of hydrogen-bond acceptors (Lipinski definition) is 7. The van der Waals surface area contributed by atoms with Crippen LogP contribution in [0.4, 0.5) is 0 Å². The first-order chi connectivity index (χ1) is 13.5. The van der Waals surface area contributed by atoms with Gasteiger partial charge >= 0.3 is 12.3 Å². The van der Waals surface area contributed by atoms with E-state index in [0.717, 1.165) is 15.2 Å². The number of rotatable bonds is 3. The van der Waals surface area contributed by atoms with Crippen LogP contribution in [0.3, 0.4) is 0 Å². The third kappa shape index (κ3) is 3.34. The number of aromatic nitrogens is 1. The van der Waals surface area contributed by atoms with Gasteiger partial charge in [-0.3, -0.25) is 0 Å². The summed E-state index contributed by atoms with van der Waals surface area (Å²) in [6.07, 6.45) is -1.48. The van der Waals surface area contributed by atoms with Crippen molar-refractivity contribution in [1.29, 1.82) is 0 Å². The minimum absolute atomic E-state index is 0.0470. The molecule has 0 amide bonds. The summed E-state index contributed by atoms with van der Waals surface area (Å²) in [5.41, 5.74) is 1.07. The van der Waals surface area contributed by atoms with Crippen molar-refractivity contribution in [1.82, 2.24) is 4.98 Å². The van der Waals surface area contributed by atoms with Crippen molar-refractivity contribution in [2.24, 2.45) is 0 Å². The number of ether oxygens (including phenoxy) is 2. The number of thiazole rings is 1. The van der Waals surface area contributed by atoms with Crippen LogP contribution in [0.5, 0.6) is 11.5 Å². The monoisotopic (exact) mass is 433 g/mol. The molecule has 0 spiro atoms. The van der Waals surface area contributed by atoms with E-state index in [0.29, 0.717) is 5.56 Å². The Labute approximate surface area is 171 Å². The quantitative estimate of drug-likeness (QED) is 0.668. The summed E-state index contributed by atoms with van der Waals surface area (Å²) in [4.78, 5) is 15.9. The molecule has 9 heteroatoms. The molecule has 1 unspecified atom stereocenters. The highest BCUT2D eigenvalue weighted by Crippen LogP contribution is 2.40. The van der Waals surface area contributed by atoms with Gasteiger partial charge in [0.15, 0.2) is 11.5 Å². The predicted octanol–water partition coefficient (Wildman–Crippen LogP) is 3.92. The number of carboxylic acids is 1. The van der Waals surface area contributed by atoms with Gasteiger partial charge in [-0.15, -0.1) is 11.3 Å². The van der Waals surface area contributed by atoms with Crippen LogP contribution in [0.25, 0.3) is 10.2 Å². The summed E-state index contributed by atoms with van der Waals surface area (Å²) >= 11 is 1.47. The molecule has 2 aromatic carbocycles. The molecule has 152 valence electrons. The fourth-order valence-electron chi connectivity index (χ4n) is 2.99. The zero-order chi connectivity index (χ0) is 21.1. The van der Waals surface area contributed by atoms with Crippen molar-refractivity contribution in [3.8, 4) is 11.5 Å². The Morgan fingerprint density at radius 3 is 2.41 bits per heavy atom. The molecule has 0 saturated carbocycles.